The number of aromatic nitrogens is 1. The second-order valence-corrected chi connectivity index (χ2v) is 5.33. The molecule has 23 heavy (non-hydrogen) atoms. The largest absolute Gasteiger partial charge is 0.489 e. The zero-order valence-electron chi connectivity index (χ0n) is 12.5. The highest BCUT2D eigenvalue weighted by Crippen LogP contribution is 2.19. The van der Waals surface area contributed by atoms with Crippen molar-refractivity contribution in [3.63, 3.8) is 0 Å². The van der Waals surface area contributed by atoms with Crippen LogP contribution in [-0.4, -0.2) is 22.8 Å². The molecule has 0 bridgehead atoms. The number of pyridine rings is 1. The number of carbonyl (C=O) groups excluding carboxylic acids is 2. The molecule has 6 nitrogen and oxygen atoms in total. The number of amides is 2. The van der Waals surface area contributed by atoms with E-state index in [0.29, 0.717) is 30.9 Å². The second kappa shape index (κ2) is 6.91. The summed E-state index contributed by atoms with van der Waals surface area (Å²) in [5.74, 6) is 0.362. The van der Waals surface area contributed by atoms with Crippen molar-refractivity contribution < 1.29 is 14.3 Å². The lowest BCUT2D eigenvalue weighted by atomic mass is 10.2. The molecule has 2 heterocycles. The molecule has 1 aromatic heterocycles. The van der Waals surface area contributed by atoms with E-state index in [1.54, 1.807) is 30.6 Å². The molecule has 2 N–H and O–H groups in total. The lowest BCUT2D eigenvalue weighted by Crippen LogP contribution is -2.37. The van der Waals surface area contributed by atoms with Gasteiger partial charge in [-0.05, 0) is 24.6 Å². The van der Waals surface area contributed by atoms with E-state index in [4.69, 9.17) is 4.74 Å². The van der Waals surface area contributed by atoms with Gasteiger partial charge in [0.05, 0.1) is 0 Å². The Morgan fingerprint density at radius 2 is 2.26 bits per heavy atom. The summed E-state index contributed by atoms with van der Waals surface area (Å²) in [7, 11) is 0. The van der Waals surface area contributed by atoms with Crippen LogP contribution < -0.4 is 15.4 Å². The molecule has 1 aliphatic heterocycles. The third-order valence-electron chi connectivity index (χ3n) is 3.54. The molecule has 2 aromatic rings. The fourth-order valence-electron chi connectivity index (χ4n) is 2.35. The lowest BCUT2D eigenvalue weighted by molar-refractivity contribution is -0.122. The lowest BCUT2D eigenvalue weighted by Gasteiger charge is -2.12. The van der Waals surface area contributed by atoms with Gasteiger partial charge in [0, 0.05) is 36.1 Å². The van der Waals surface area contributed by atoms with Gasteiger partial charge < -0.3 is 15.4 Å². The maximum Gasteiger partial charge on any atom is 0.246 e. The van der Waals surface area contributed by atoms with E-state index in [9.17, 15) is 9.59 Å². The Bertz CT molecular complexity index is 703. The van der Waals surface area contributed by atoms with Gasteiger partial charge in [0.2, 0.25) is 11.8 Å². The van der Waals surface area contributed by atoms with Crippen molar-refractivity contribution in [2.75, 3.05) is 5.32 Å². The van der Waals surface area contributed by atoms with Gasteiger partial charge in [0.1, 0.15) is 18.4 Å². The van der Waals surface area contributed by atoms with Crippen LogP contribution in [0.1, 0.15) is 18.4 Å². The van der Waals surface area contributed by atoms with Crippen molar-refractivity contribution in [3.05, 3.63) is 54.4 Å². The summed E-state index contributed by atoms with van der Waals surface area (Å²) in [6.07, 6.45) is 4.38. The zero-order chi connectivity index (χ0) is 16.1. The Labute approximate surface area is 133 Å². The third kappa shape index (κ3) is 4.06. The number of nitrogens with one attached hydrogen (secondary N) is 2. The van der Waals surface area contributed by atoms with Crippen LogP contribution in [0, 0.1) is 0 Å². The molecule has 0 saturated carbocycles. The summed E-state index contributed by atoms with van der Waals surface area (Å²) in [6.45, 7) is 0.407. The molecule has 0 unspecified atom stereocenters. The summed E-state index contributed by atoms with van der Waals surface area (Å²) < 4.78 is 5.70. The topological polar surface area (TPSA) is 80.3 Å². The first kappa shape index (κ1) is 15.0. The molecule has 0 radical (unpaired) electrons. The molecule has 3 rings (SSSR count). The molecule has 2 amide bonds. The third-order valence-corrected chi connectivity index (χ3v) is 3.54. The number of hydrogen-bond donors (Lipinski definition) is 2. The summed E-state index contributed by atoms with van der Waals surface area (Å²) in [5.41, 5.74) is 1.61. The Balaban J connectivity index is 1.58. The Morgan fingerprint density at radius 3 is 3.00 bits per heavy atom. The fourth-order valence-corrected chi connectivity index (χ4v) is 2.35. The summed E-state index contributed by atoms with van der Waals surface area (Å²) in [6, 6.07) is 10.5. The van der Waals surface area contributed by atoms with Crippen LogP contribution in [0.3, 0.4) is 0 Å². The van der Waals surface area contributed by atoms with E-state index in [2.05, 4.69) is 15.6 Å². The molecule has 1 aromatic carbocycles. The molecule has 0 aliphatic carbocycles. The number of carbonyl (C=O) groups is 2. The van der Waals surface area contributed by atoms with Crippen molar-refractivity contribution in [2.24, 2.45) is 0 Å². The molecular formula is C17H17N3O3. The van der Waals surface area contributed by atoms with Crippen LogP contribution in [0.25, 0.3) is 0 Å². The molecule has 1 saturated heterocycles. The van der Waals surface area contributed by atoms with Crippen molar-refractivity contribution in [3.8, 4) is 5.75 Å². The number of benzene rings is 1. The first-order valence-corrected chi connectivity index (χ1v) is 7.43. The van der Waals surface area contributed by atoms with Crippen LogP contribution in [0.2, 0.25) is 0 Å². The predicted molar refractivity (Wildman–Crippen MR) is 84.8 cm³/mol. The first-order chi connectivity index (χ1) is 11.2. The van der Waals surface area contributed by atoms with Gasteiger partial charge in [-0.2, -0.15) is 0 Å². The summed E-state index contributed by atoms with van der Waals surface area (Å²) in [4.78, 5) is 27.3. The normalized spacial score (nSPS) is 16.7. The second-order valence-electron chi connectivity index (χ2n) is 5.33. The van der Waals surface area contributed by atoms with Gasteiger partial charge >= 0.3 is 0 Å². The van der Waals surface area contributed by atoms with E-state index in [1.165, 1.54) is 0 Å². The highest BCUT2D eigenvalue weighted by molar-refractivity contribution is 5.99. The number of ether oxygens (including phenoxy) is 1. The Hall–Kier alpha value is -2.89. The van der Waals surface area contributed by atoms with Gasteiger partial charge in [-0.25, -0.2) is 0 Å². The van der Waals surface area contributed by atoms with Gasteiger partial charge in [-0.15, -0.1) is 0 Å². The van der Waals surface area contributed by atoms with E-state index in [1.807, 2.05) is 18.2 Å². The molecule has 6 heteroatoms. The minimum atomic E-state index is -0.456. The molecular weight excluding hydrogens is 294 g/mol. The van der Waals surface area contributed by atoms with E-state index >= 15 is 0 Å². The number of anilines is 1. The molecule has 1 atom stereocenters. The van der Waals surface area contributed by atoms with E-state index < -0.39 is 6.04 Å². The minimum absolute atomic E-state index is 0.0845. The first-order valence-electron chi connectivity index (χ1n) is 7.43. The Morgan fingerprint density at radius 1 is 1.35 bits per heavy atom. The van der Waals surface area contributed by atoms with Crippen molar-refractivity contribution in [1.82, 2.24) is 10.3 Å². The maximum atomic E-state index is 12.1. The maximum absolute atomic E-state index is 12.1. The smallest absolute Gasteiger partial charge is 0.246 e. The quantitative estimate of drug-likeness (QED) is 0.883. The minimum Gasteiger partial charge on any atom is -0.489 e. The molecule has 118 valence electrons. The highest BCUT2D eigenvalue weighted by Gasteiger charge is 2.27. The number of rotatable bonds is 5. The van der Waals surface area contributed by atoms with Crippen LogP contribution >= 0.6 is 0 Å². The molecule has 1 fully saturated rings. The monoisotopic (exact) mass is 311 g/mol. The van der Waals surface area contributed by atoms with Crippen LogP contribution in [0.5, 0.6) is 5.75 Å². The summed E-state index contributed by atoms with van der Waals surface area (Å²) >= 11 is 0. The van der Waals surface area contributed by atoms with Crippen molar-refractivity contribution in [2.45, 2.75) is 25.5 Å². The number of nitrogens with zero attached hydrogens (tertiary/aromatic N) is 1. The van der Waals surface area contributed by atoms with Gasteiger partial charge in [0.15, 0.2) is 0 Å². The molecule has 1 aliphatic rings. The predicted octanol–water partition coefficient (Wildman–Crippen LogP) is 1.88. The van der Waals surface area contributed by atoms with Gasteiger partial charge in [0.25, 0.3) is 0 Å². The zero-order valence-corrected chi connectivity index (χ0v) is 12.5. The average molecular weight is 311 g/mol. The SMILES string of the molecule is O=C1CC[C@H](C(=O)Nc2cccc(OCc3cccnc3)c2)N1. The van der Waals surface area contributed by atoms with Gasteiger partial charge in [-0.1, -0.05) is 12.1 Å². The Kier molecular flexibility index (Phi) is 4.52. The van der Waals surface area contributed by atoms with Crippen molar-refractivity contribution in [1.29, 1.82) is 0 Å². The fraction of sp³-hybridized carbons (Fsp3) is 0.235. The standard InChI is InChI=1S/C17H17N3O3/c21-16-7-6-15(20-16)17(22)19-13-4-1-5-14(9-13)23-11-12-3-2-8-18-10-12/h1-5,8-10,15H,6-7,11H2,(H,19,22)(H,20,21)/t15-/m1/s1. The van der Waals surface area contributed by atoms with Gasteiger partial charge in [-0.3, -0.25) is 14.6 Å². The van der Waals surface area contributed by atoms with Crippen LogP contribution in [0.4, 0.5) is 5.69 Å². The van der Waals surface area contributed by atoms with Crippen LogP contribution in [-0.2, 0) is 16.2 Å². The van der Waals surface area contributed by atoms with E-state index in [0.717, 1.165) is 5.56 Å². The highest BCUT2D eigenvalue weighted by atomic mass is 16.5. The van der Waals surface area contributed by atoms with Crippen LogP contribution in [0.15, 0.2) is 48.8 Å². The summed E-state index contributed by atoms with van der Waals surface area (Å²) in [5, 5.41) is 5.44. The molecule has 0 spiro atoms. The van der Waals surface area contributed by atoms with E-state index in [-0.39, 0.29) is 11.8 Å². The number of hydrogen-bond acceptors (Lipinski definition) is 4. The van der Waals surface area contributed by atoms with Crippen molar-refractivity contribution >= 4 is 17.5 Å². The average Bonchev–Trinajstić information content (AvgIpc) is 3.01.